The minimum absolute atomic E-state index is 0.0711. The van der Waals surface area contributed by atoms with Crippen molar-refractivity contribution in [3.63, 3.8) is 0 Å². The van der Waals surface area contributed by atoms with Gasteiger partial charge in [-0.25, -0.2) is 0 Å². The van der Waals surface area contributed by atoms with E-state index in [4.69, 9.17) is 11.6 Å². The van der Waals surface area contributed by atoms with Gasteiger partial charge in [0.2, 0.25) is 0 Å². The number of hydrogen-bond donors (Lipinski definition) is 0. The molecule has 2 aromatic carbocycles. The summed E-state index contributed by atoms with van der Waals surface area (Å²) in [5, 5.41) is 11.3. The van der Waals surface area contributed by atoms with E-state index in [0.717, 1.165) is 23.8 Å². The Hall–Kier alpha value is -3.92. The van der Waals surface area contributed by atoms with E-state index >= 15 is 0 Å². The number of hydrogen-bond acceptors (Lipinski definition) is 4. The van der Waals surface area contributed by atoms with Crippen LogP contribution in [0.15, 0.2) is 76.6 Å². The largest absolute Gasteiger partial charge is 0.423 e. The van der Waals surface area contributed by atoms with Crippen LogP contribution in [0.2, 0.25) is 5.02 Å². The normalized spacial score (nSPS) is 11.6. The fourth-order valence-corrected chi connectivity index (χ4v) is 3.63. The number of nitro benzene ring substituents is 1. The zero-order valence-electron chi connectivity index (χ0n) is 16.5. The van der Waals surface area contributed by atoms with Crippen molar-refractivity contribution in [3.8, 4) is 5.69 Å². The SMILES string of the molecule is O=c1ccn(-c2ccc([N+](=O)[O-])c(C(F)(F)F)c2)c2ccn(Cc3ccc(Cl)cc3)c(=O)c12. The number of aromatic nitrogens is 2. The number of rotatable bonds is 4. The van der Waals surface area contributed by atoms with Crippen LogP contribution < -0.4 is 11.0 Å². The molecule has 0 bridgehead atoms. The number of nitrogens with zero attached hydrogens (tertiary/aromatic N) is 3. The molecular formula is C22H13ClF3N3O4. The van der Waals surface area contributed by atoms with E-state index < -0.39 is 33.3 Å². The lowest BCUT2D eigenvalue weighted by molar-refractivity contribution is -0.388. The first kappa shape index (κ1) is 22.3. The summed E-state index contributed by atoms with van der Waals surface area (Å²) >= 11 is 5.87. The summed E-state index contributed by atoms with van der Waals surface area (Å²) in [6.07, 6.45) is -2.33. The first-order valence-electron chi connectivity index (χ1n) is 9.41. The highest BCUT2D eigenvalue weighted by Gasteiger charge is 2.38. The Morgan fingerprint density at radius 1 is 0.970 bits per heavy atom. The van der Waals surface area contributed by atoms with Crippen LogP contribution in [0, 0.1) is 10.1 Å². The molecule has 4 aromatic rings. The van der Waals surface area contributed by atoms with Gasteiger partial charge in [-0.05, 0) is 35.9 Å². The predicted octanol–water partition coefficient (Wildman–Crippen LogP) is 4.78. The van der Waals surface area contributed by atoms with E-state index in [1.807, 2.05) is 0 Å². The van der Waals surface area contributed by atoms with Gasteiger partial charge in [-0.3, -0.25) is 19.7 Å². The summed E-state index contributed by atoms with van der Waals surface area (Å²) < 4.78 is 42.7. The van der Waals surface area contributed by atoms with Crippen molar-refractivity contribution < 1.29 is 18.1 Å². The van der Waals surface area contributed by atoms with E-state index in [1.165, 1.54) is 27.6 Å². The van der Waals surface area contributed by atoms with Crippen molar-refractivity contribution in [2.75, 3.05) is 0 Å². The average molecular weight is 476 g/mol. The van der Waals surface area contributed by atoms with Crippen molar-refractivity contribution >= 4 is 28.2 Å². The lowest BCUT2D eigenvalue weighted by Crippen LogP contribution is -2.25. The number of benzene rings is 2. The van der Waals surface area contributed by atoms with E-state index in [9.17, 15) is 32.9 Å². The highest BCUT2D eigenvalue weighted by Crippen LogP contribution is 2.37. The summed E-state index contributed by atoms with van der Waals surface area (Å²) in [7, 11) is 0. The van der Waals surface area contributed by atoms with Gasteiger partial charge in [0.1, 0.15) is 10.9 Å². The quantitative estimate of drug-likeness (QED) is 0.314. The summed E-state index contributed by atoms with van der Waals surface area (Å²) in [6.45, 7) is 0.149. The zero-order valence-corrected chi connectivity index (χ0v) is 17.3. The molecule has 2 heterocycles. The van der Waals surface area contributed by atoms with Gasteiger partial charge in [-0.1, -0.05) is 23.7 Å². The standard InChI is InChI=1S/C22H13ClF3N3O4/c23-14-3-1-13(2-4-14)12-27-9-7-18-20(21(27)31)19(30)8-10-28(18)15-5-6-17(29(32)33)16(11-15)22(24,25)26/h1-11H,12H2. The van der Waals surface area contributed by atoms with Crippen molar-refractivity contribution in [1.29, 1.82) is 0 Å². The molecule has 0 aliphatic carbocycles. The van der Waals surface area contributed by atoms with Gasteiger partial charge in [-0.15, -0.1) is 0 Å². The van der Waals surface area contributed by atoms with E-state index in [2.05, 4.69) is 0 Å². The molecule has 0 spiro atoms. The maximum Gasteiger partial charge on any atom is 0.423 e. The number of nitro groups is 1. The topological polar surface area (TPSA) is 87.1 Å². The fraction of sp³-hybridized carbons (Fsp3) is 0.0909. The molecule has 0 fully saturated rings. The summed E-state index contributed by atoms with van der Waals surface area (Å²) in [5.74, 6) is 0. The molecule has 4 rings (SSSR count). The van der Waals surface area contributed by atoms with Crippen molar-refractivity contribution in [1.82, 2.24) is 9.13 Å². The van der Waals surface area contributed by atoms with Crippen molar-refractivity contribution in [2.24, 2.45) is 0 Å². The molecule has 7 nitrogen and oxygen atoms in total. The molecule has 0 radical (unpaired) electrons. The van der Waals surface area contributed by atoms with Gasteiger partial charge >= 0.3 is 6.18 Å². The average Bonchev–Trinajstić information content (AvgIpc) is 2.76. The third kappa shape index (κ3) is 4.24. The molecule has 0 aliphatic heterocycles. The molecule has 0 saturated heterocycles. The second-order valence-corrected chi connectivity index (χ2v) is 7.58. The Kier molecular flexibility index (Phi) is 5.54. The third-order valence-electron chi connectivity index (χ3n) is 5.05. The van der Waals surface area contributed by atoms with Crippen LogP contribution in [0.4, 0.5) is 18.9 Å². The molecule has 0 saturated carbocycles. The number of fused-ring (bicyclic) bond motifs is 1. The molecule has 33 heavy (non-hydrogen) atoms. The molecule has 168 valence electrons. The number of halogens is 4. The highest BCUT2D eigenvalue weighted by atomic mass is 35.5. The smallest absolute Gasteiger partial charge is 0.316 e. The maximum absolute atomic E-state index is 13.4. The molecule has 0 amide bonds. The number of pyridine rings is 2. The minimum atomic E-state index is -4.97. The lowest BCUT2D eigenvalue weighted by atomic mass is 10.1. The van der Waals surface area contributed by atoms with E-state index in [-0.39, 0.29) is 23.1 Å². The van der Waals surface area contributed by atoms with Gasteiger partial charge < -0.3 is 9.13 Å². The third-order valence-corrected chi connectivity index (χ3v) is 5.30. The van der Waals surface area contributed by atoms with Crippen LogP contribution >= 0.6 is 11.6 Å². The second kappa shape index (κ2) is 8.21. The minimum Gasteiger partial charge on any atom is -0.316 e. The van der Waals surface area contributed by atoms with Crippen molar-refractivity contribution in [3.05, 3.63) is 114 Å². The van der Waals surface area contributed by atoms with Crippen LogP contribution in [0.25, 0.3) is 16.6 Å². The monoisotopic (exact) mass is 475 g/mol. The molecule has 11 heteroatoms. The molecule has 0 atom stereocenters. The maximum atomic E-state index is 13.4. The Bertz CT molecular complexity index is 1510. The second-order valence-electron chi connectivity index (χ2n) is 7.14. The zero-order chi connectivity index (χ0) is 23.9. The van der Waals surface area contributed by atoms with Gasteiger partial charge in [0.05, 0.1) is 17.0 Å². The molecule has 0 aliphatic rings. The first-order chi connectivity index (χ1) is 15.6. The Morgan fingerprint density at radius 3 is 2.30 bits per heavy atom. The molecular weight excluding hydrogens is 463 g/mol. The van der Waals surface area contributed by atoms with E-state index in [1.54, 1.807) is 24.3 Å². The highest BCUT2D eigenvalue weighted by molar-refractivity contribution is 6.30. The molecule has 2 aromatic heterocycles. The van der Waals surface area contributed by atoms with Gasteiger partial charge in [0.15, 0.2) is 5.43 Å². The van der Waals surface area contributed by atoms with E-state index in [0.29, 0.717) is 11.1 Å². The fourth-order valence-electron chi connectivity index (χ4n) is 3.50. The summed E-state index contributed by atoms with van der Waals surface area (Å²) in [4.78, 5) is 35.4. The summed E-state index contributed by atoms with van der Waals surface area (Å²) in [5.41, 5.74) is -3.03. The van der Waals surface area contributed by atoms with Gasteiger partial charge in [0, 0.05) is 35.2 Å². The van der Waals surface area contributed by atoms with Crippen LogP contribution in [0.5, 0.6) is 0 Å². The molecule has 0 N–H and O–H groups in total. The van der Waals surface area contributed by atoms with Crippen molar-refractivity contribution in [2.45, 2.75) is 12.7 Å². The Morgan fingerprint density at radius 2 is 1.67 bits per heavy atom. The summed E-state index contributed by atoms with van der Waals surface area (Å²) in [6, 6.07) is 11.7. The Labute approximate surface area is 188 Å². The van der Waals surface area contributed by atoms with Gasteiger partial charge in [0.25, 0.3) is 11.2 Å². The van der Waals surface area contributed by atoms with Crippen LogP contribution in [0.1, 0.15) is 11.1 Å². The first-order valence-corrected chi connectivity index (χ1v) is 9.79. The molecule has 0 unspecified atom stereocenters. The van der Waals surface area contributed by atoms with Crippen LogP contribution in [-0.4, -0.2) is 14.1 Å². The number of alkyl halides is 3. The Balaban J connectivity index is 1.89. The van der Waals surface area contributed by atoms with Crippen LogP contribution in [-0.2, 0) is 12.7 Å². The van der Waals surface area contributed by atoms with Crippen LogP contribution in [0.3, 0.4) is 0 Å². The van der Waals surface area contributed by atoms with Gasteiger partial charge in [-0.2, -0.15) is 13.2 Å². The predicted molar refractivity (Wildman–Crippen MR) is 116 cm³/mol. The lowest BCUT2D eigenvalue weighted by Gasteiger charge is -2.15.